The molecular weight excluding hydrogens is 140 g/mol. The van der Waals surface area contributed by atoms with E-state index in [1.165, 1.54) is 25.2 Å². The molecule has 0 heterocycles. The molecule has 2 heteroatoms. The van der Waals surface area contributed by atoms with Crippen molar-refractivity contribution in [1.82, 2.24) is 0 Å². The number of esters is 1. The number of allylic oxidation sites excluding steroid dienone is 3. The number of carbonyl (C=O) groups is 1. The first kappa shape index (κ1) is 8.05. The Balaban J connectivity index is 2.29. The summed E-state index contributed by atoms with van der Waals surface area (Å²) in [4.78, 5) is 10.3. The fraction of sp³-hybridized carbons (Fsp3) is 0.444. The summed E-state index contributed by atoms with van der Waals surface area (Å²) >= 11 is 0. The van der Waals surface area contributed by atoms with Crippen molar-refractivity contribution in [3.8, 4) is 0 Å². The summed E-state index contributed by atoms with van der Waals surface area (Å²) in [5, 5.41) is 0. The Labute approximate surface area is 66.5 Å². The fourth-order valence-electron chi connectivity index (χ4n) is 1.06. The molecule has 0 bridgehead atoms. The van der Waals surface area contributed by atoms with E-state index < -0.39 is 0 Å². The van der Waals surface area contributed by atoms with E-state index in [0.29, 0.717) is 0 Å². The van der Waals surface area contributed by atoms with Gasteiger partial charge in [0.1, 0.15) is 0 Å². The first-order valence-corrected chi connectivity index (χ1v) is 3.82. The van der Waals surface area contributed by atoms with Crippen molar-refractivity contribution >= 4 is 5.97 Å². The molecule has 0 aromatic carbocycles. The lowest BCUT2D eigenvalue weighted by molar-refractivity contribution is -0.135. The summed E-state index contributed by atoms with van der Waals surface area (Å²) in [6.07, 6.45) is 8.96. The number of hydrogen-bond donors (Lipinski definition) is 0. The average Bonchev–Trinajstić information content (AvgIpc) is 2.39. The minimum Gasteiger partial charge on any atom is -0.435 e. The second kappa shape index (κ2) is 3.96. The Bertz CT molecular complexity index is 202. The zero-order valence-corrected chi connectivity index (χ0v) is 6.67. The van der Waals surface area contributed by atoms with Crippen LogP contribution >= 0.6 is 0 Å². The van der Waals surface area contributed by atoms with Crippen LogP contribution in [-0.4, -0.2) is 5.97 Å². The van der Waals surface area contributed by atoms with Gasteiger partial charge in [0, 0.05) is 6.92 Å². The van der Waals surface area contributed by atoms with Gasteiger partial charge >= 0.3 is 5.97 Å². The lowest BCUT2D eigenvalue weighted by atomic mass is 10.2. The summed E-state index contributed by atoms with van der Waals surface area (Å²) < 4.78 is 4.64. The molecule has 2 nitrogen and oxygen atoms in total. The molecule has 60 valence electrons. The molecule has 0 radical (unpaired) electrons. The normalized spacial score (nSPS) is 17.0. The number of hydrogen-bond acceptors (Lipinski definition) is 2. The van der Waals surface area contributed by atoms with Crippen molar-refractivity contribution in [2.24, 2.45) is 0 Å². The summed E-state index contributed by atoms with van der Waals surface area (Å²) in [6, 6.07) is 0. The summed E-state index contributed by atoms with van der Waals surface area (Å²) in [5.41, 5.74) is 1.27. The first-order chi connectivity index (χ1) is 5.29. The van der Waals surface area contributed by atoms with Crippen LogP contribution in [0.4, 0.5) is 0 Å². The van der Waals surface area contributed by atoms with Gasteiger partial charge in [-0.1, -0.05) is 6.08 Å². The van der Waals surface area contributed by atoms with Crippen LogP contribution < -0.4 is 0 Å². The minimum atomic E-state index is -0.264. The maximum atomic E-state index is 10.3. The zero-order chi connectivity index (χ0) is 8.10. The minimum absolute atomic E-state index is 0.264. The molecule has 1 aliphatic rings. The molecule has 0 saturated heterocycles. The molecule has 1 rings (SSSR count). The van der Waals surface area contributed by atoms with Crippen molar-refractivity contribution in [1.29, 1.82) is 0 Å². The van der Waals surface area contributed by atoms with Gasteiger partial charge in [0.15, 0.2) is 0 Å². The van der Waals surface area contributed by atoms with E-state index in [4.69, 9.17) is 0 Å². The topological polar surface area (TPSA) is 26.3 Å². The van der Waals surface area contributed by atoms with Crippen LogP contribution in [0.2, 0.25) is 0 Å². The predicted octanol–water partition coefficient (Wildman–Crippen LogP) is 2.17. The quantitative estimate of drug-likeness (QED) is 0.447. The highest BCUT2D eigenvalue weighted by molar-refractivity contribution is 5.66. The van der Waals surface area contributed by atoms with Gasteiger partial charge in [-0.15, -0.1) is 0 Å². The van der Waals surface area contributed by atoms with Crippen LogP contribution in [0.15, 0.2) is 24.0 Å². The standard InChI is InChI=1S/C9H12O2/c1-8(10)11-7-6-9-4-2-3-5-9/h4,6-7H,2-3,5H2,1H3/b7-6+. The molecule has 0 aromatic rings. The van der Waals surface area contributed by atoms with Crippen LogP contribution in [0.1, 0.15) is 26.2 Å². The van der Waals surface area contributed by atoms with E-state index in [1.54, 1.807) is 0 Å². The van der Waals surface area contributed by atoms with E-state index in [9.17, 15) is 4.79 Å². The number of carbonyl (C=O) groups excluding carboxylic acids is 1. The largest absolute Gasteiger partial charge is 0.435 e. The predicted molar refractivity (Wildman–Crippen MR) is 42.8 cm³/mol. The molecule has 0 aromatic heterocycles. The molecule has 0 spiro atoms. The highest BCUT2D eigenvalue weighted by atomic mass is 16.5. The van der Waals surface area contributed by atoms with Gasteiger partial charge in [0.2, 0.25) is 0 Å². The Morgan fingerprint density at radius 2 is 2.55 bits per heavy atom. The fourth-order valence-corrected chi connectivity index (χ4v) is 1.06. The van der Waals surface area contributed by atoms with Gasteiger partial charge in [0.25, 0.3) is 0 Å². The number of ether oxygens (including phenoxy) is 1. The second-order valence-electron chi connectivity index (χ2n) is 2.58. The van der Waals surface area contributed by atoms with Gasteiger partial charge < -0.3 is 4.74 Å². The van der Waals surface area contributed by atoms with Gasteiger partial charge in [-0.3, -0.25) is 4.79 Å². The van der Waals surface area contributed by atoms with Crippen molar-refractivity contribution in [3.05, 3.63) is 24.0 Å². The van der Waals surface area contributed by atoms with Crippen molar-refractivity contribution in [2.75, 3.05) is 0 Å². The molecule has 0 unspecified atom stereocenters. The molecule has 0 fully saturated rings. The monoisotopic (exact) mass is 152 g/mol. The van der Waals surface area contributed by atoms with Crippen LogP contribution in [0.25, 0.3) is 0 Å². The van der Waals surface area contributed by atoms with Crippen molar-refractivity contribution in [3.63, 3.8) is 0 Å². The zero-order valence-electron chi connectivity index (χ0n) is 6.67. The van der Waals surface area contributed by atoms with E-state index in [-0.39, 0.29) is 5.97 Å². The van der Waals surface area contributed by atoms with Crippen molar-refractivity contribution < 1.29 is 9.53 Å². The number of rotatable bonds is 2. The SMILES string of the molecule is CC(=O)O/C=C/C1=CCCC1. The Morgan fingerprint density at radius 3 is 3.09 bits per heavy atom. The van der Waals surface area contributed by atoms with E-state index >= 15 is 0 Å². The molecular formula is C9H12O2. The molecule has 0 saturated carbocycles. The van der Waals surface area contributed by atoms with Crippen LogP contribution in [0.3, 0.4) is 0 Å². The van der Waals surface area contributed by atoms with Gasteiger partial charge in [-0.05, 0) is 30.9 Å². The van der Waals surface area contributed by atoms with Crippen LogP contribution in [-0.2, 0) is 9.53 Å². The maximum absolute atomic E-state index is 10.3. The van der Waals surface area contributed by atoms with Crippen molar-refractivity contribution in [2.45, 2.75) is 26.2 Å². The summed E-state index contributed by atoms with van der Waals surface area (Å²) in [7, 11) is 0. The maximum Gasteiger partial charge on any atom is 0.307 e. The Morgan fingerprint density at radius 1 is 1.73 bits per heavy atom. The second-order valence-corrected chi connectivity index (χ2v) is 2.58. The summed E-state index contributed by atoms with van der Waals surface area (Å²) in [5.74, 6) is -0.264. The summed E-state index contributed by atoms with van der Waals surface area (Å²) in [6.45, 7) is 1.40. The first-order valence-electron chi connectivity index (χ1n) is 3.82. The van der Waals surface area contributed by atoms with Gasteiger partial charge in [-0.2, -0.15) is 0 Å². The molecule has 1 aliphatic carbocycles. The third-order valence-corrected chi connectivity index (χ3v) is 1.59. The Kier molecular flexibility index (Phi) is 2.90. The van der Waals surface area contributed by atoms with Gasteiger partial charge in [-0.25, -0.2) is 0 Å². The van der Waals surface area contributed by atoms with E-state index in [2.05, 4.69) is 10.8 Å². The lowest BCUT2D eigenvalue weighted by Crippen LogP contribution is -1.89. The molecule has 0 atom stereocenters. The van der Waals surface area contributed by atoms with Crippen LogP contribution in [0.5, 0.6) is 0 Å². The third kappa shape index (κ3) is 3.03. The van der Waals surface area contributed by atoms with E-state index in [1.807, 2.05) is 6.08 Å². The highest BCUT2D eigenvalue weighted by Gasteiger charge is 1.99. The highest BCUT2D eigenvalue weighted by Crippen LogP contribution is 2.18. The van der Waals surface area contributed by atoms with Crippen LogP contribution in [0, 0.1) is 0 Å². The Hall–Kier alpha value is -1.05. The molecule has 0 aliphatic heterocycles. The van der Waals surface area contributed by atoms with E-state index in [0.717, 1.165) is 12.8 Å². The lowest BCUT2D eigenvalue weighted by Gasteiger charge is -1.91. The molecule has 11 heavy (non-hydrogen) atoms. The molecule has 0 N–H and O–H groups in total. The van der Waals surface area contributed by atoms with Gasteiger partial charge in [0.05, 0.1) is 6.26 Å². The average molecular weight is 152 g/mol. The third-order valence-electron chi connectivity index (χ3n) is 1.59. The smallest absolute Gasteiger partial charge is 0.307 e. The molecule has 0 amide bonds.